The Hall–Kier alpha value is -1.02. The van der Waals surface area contributed by atoms with Gasteiger partial charge < -0.3 is 0 Å². The second kappa shape index (κ2) is 2.71. The monoisotopic (exact) mass is 157 g/mol. The van der Waals surface area contributed by atoms with Crippen molar-refractivity contribution in [3.63, 3.8) is 0 Å². The Morgan fingerprint density at radius 2 is 2.60 bits per heavy atom. The molecule has 0 spiro atoms. The van der Waals surface area contributed by atoms with Crippen molar-refractivity contribution >= 4 is 12.3 Å². The summed E-state index contributed by atoms with van der Waals surface area (Å²) in [5.41, 5.74) is 0.956. The Labute approximate surface area is 61.9 Å². The first-order valence-corrected chi connectivity index (χ1v) is 3.20. The molecule has 0 saturated carbocycles. The first-order chi connectivity index (χ1) is 4.77. The van der Waals surface area contributed by atoms with Crippen LogP contribution in [0.1, 0.15) is 11.3 Å². The number of nitriles is 1. The fourth-order valence-electron chi connectivity index (χ4n) is 0.580. The molecule has 0 atom stereocenters. The molecule has 0 unspecified atom stereocenters. The van der Waals surface area contributed by atoms with E-state index in [9.17, 15) is 3.89 Å². The van der Waals surface area contributed by atoms with E-state index in [2.05, 4.69) is 5.10 Å². The second-order valence-corrected chi connectivity index (χ2v) is 2.22. The van der Waals surface area contributed by atoms with Crippen molar-refractivity contribution in [2.24, 2.45) is 0 Å². The number of rotatable bonds is 1. The molecule has 1 aromatic rings. The van der Waals surface area contributed by atoms with Gasteiger partial charge in [0.1, 0.15) is 6.07 Å². The molecule has 0 aliphatic heterocycles. The minimum atomic E-state index is -0.0264. The lowest BCUT2D eigenvalue weighted by molar-refractivity contribution is 0.870. The zero-order chi connectivity index (χ0) is 7.56. The number of aromatic nitrogens is 2. The fraction of sp³-hybridized carbons (Fsp3) is 0.200. The number of nitrogens with zero attached hydrogens (tertiary/aromatic N) is 3. The van der Waals surface area contributed by atoms with Crippen molar-refractivity contribution in [3.8, 4) is 6.07 Å². The zero-order valence-corrected chi connectivity index (χ0v) is 6.02. The van der Waals surface area contributed by atoms with Crippen molar-refractivity contribution < 1.29 is 3.89 Å². The van der Waals surface area contributed by atoms with Crippen LogP contribution in [0.5, 0.6) is 0 Å². The van der Waals surface area contributed by atoms with Gasteiger partial charge in [0.15, 0.2) is 12.3 Å². The third kappa shape index (κ3) is 1.11. The molecular weight excluding hydrogens is 153 g/mol. The average Bonchev–Trinajstić information content (AvgIpc) is 2.30. The number of halogens is 1. The maximum absolute atomic E-state index is 11.8. The highest BCUT2D eigenvalue weighted by atomic mass is 32.2. The fourth-order valence-corrected chi connectivity index (χ4v) is 0.878. The van der Waals surface area contributed by atoms with E-state index in [4.69, 9.17) is 5.26 Å². The van der Waals surface area contributed by atoms with Gasteiger partial charge in [-0.05, 0) is 6.92 Å². The van der Waals surface area contributed by atoms with Gasteiger partial charge in [0.05, 0.1) is 17.5 Å². The van der Waals surface area contributed by atoms with E-state index in [0.29, 0.717) is 11.3 Å². The van der Waals surface area contributed by atoms with Crippen LogP contribution in [-0.4, -0.2) is 9.19 Å². The molecule has 0 bridgehead atoms. The van der Waals surface area contributed by atoms with Gasteiger partial charge in [-0.15, -0.1) is 3.89 Å². The van der Waals surface area contributed by atoms with E-state index in [1.54, 1.807) is 6.92 Å². The van der Waals surface area contributed by atoms with Gasteiger partial charge in [-0.2, -0.15) is 14.4 Å². The van der Waals surface area contributed by atoms with E-state index in [0.717, 1.165) is 4.09 Å². The average molecular weight is 157 g/mol. The van der Waals surface area contributed by atoms with E-state index in [1.807, 2.05) is 6.07 Å². The van der Waals surface area contributed by atoms with Crippen LogP contribution < -0.4 is 0 Å². The van der Waals surface area contributed by atoms with Gasteiger partial charge in [0, 0.05) is 0 Å². The molecule has 0 aliphatic carbocycles. The van der Waals surface area contributed by atoms with Crippen LogP contribution in [0.2, 0.25) is 0 Å². The van der Waals surface area contributed by atoms with E-state index >= 15 is 0 Å². The molecule has 1 heterocycles. The molecule has 1 rings (SSSR count). The topological polar surface area (TPSA) is 41.6 Å². The van der Waals surface area contributed by atoms with Crippen molar-refractivity contribution in [2.75, 3.05) is 0 Å². The molecule has 3 nitrogen and oxygen atoms in total. The van der Waals surface area contributed by atoms with Gasteiger partial charge in [-0.1, -0.05) is 0 Å². The molecule has 0 N–H and O–H groups in total. The van der Waals surface area contributed by atoms with Crippen LogP contribution in [0.4, 0.5) is 3.89 Å². The number of hydrogen-bond acceptors (Lipinski definition) is 3. The molecule has 1 aromatic heterocycles. The first-order valence-electron chi connectivity index (χ1n) is 2.53. The summed E-state index contributed by atoms with van der Waals surface area (Å²) in [6.07, 6.45) is 1.35. The van der Waals surface area contributed by atoms with Gasteiger partial charge in [-0.3, -0.25) is 0 Å². The van der Waals surface area contributed by atoms with Gasteiger partial charge >= 0.3 is 0 Å². The summed E-state index contributed by atoms with van der Waals surface area (Å²) >= 11 is -0.0264. The highest BCUT2D eigenvalue weighted by Crippen LogP contribution is 2.10. The summed E-state index contributed by atoms with van der Waals surface area (Å²) < 4.78 is 12.8. The van der Waals surface area contributed by atoms with E-state index in [-0.39, 0.29) is 12.3 Å². The molecule has 5 heteroatoms. The van der Waals surface area contributed by atoms with Crippen LogP contribution >= 0.6 is 12.3 Å². The van der Waals surface area contributed by atoms with Crippen LogP contribution in [-0.2, 0) is 0 Å². The van der Waals surface area contributed by atoms with Gasteiger partial charge in [0.25, 0.3) is 0 Å². The molecule has 0 radical (unpaired) electrons. The second-order valence-electron chi connectivity index (χ2n) is 1.71. The molecule has 0 aliphatic rings. The summed E-state index contributed by atoms with van der Waals surface area (Å²) in [7, 11) is 0. The molecule has 10 heavy (non-hydrogen) atoms. The lowest BCUT2D eigenvalue weighted by atomic mass is 10.3. The molecular formula is C5H4FN3S. The highest BCUT2D eigenvalue weighted by molar-refractivity contribution is 7.92. The minimum Gasteiger partial charge on any atom is -0.192 e. The van der Waals surface area contributed by atoms with Crippen molar-refractivity contribution in [1.29, 1.82) is 5.26 Å². The standard InChI is InChI=1S/C5H4FN3S/c1-4-5(2-7)3-9(8-4)10-6/h3H,1H3. The van der Waals surface area contributed by atoms with Crippen molar-refractivity contribution in [1.82, 2.24) is 9.19 Å². The zero-order valence-electron chi connectivity index (χ0n) is 5.21. The maximum atomic E-state index is 11.8. The summed E-state index contributed by atoms with van der Waals surface area (Å²) in [6, 6.07) is 1.89. The minimum absolute atomic E-state index is 0.0264. The Kier molecular flexibility index (Phi) is 1.92. The first kappa shape index (κ1) is 7.09. The lowest BCUT2D eigenvalue weighted by Crippen LogP contribution is -1.81. The van der Waals surface area contributed by atoms with E-state index in [1.165, 1.54) is 6.20 Å². The van der Waals surface area contributed by atoms with Crippen molar-refractivity contribution in [2.45, 2.75) is 6.92 Å². The van der Waals surface area contributed by atoms with Crippen LogP contribution in [0.3, 0.4) is 0 Å². The van der Waals surface area contributed by atoms with Crippen LogP contribution in [0.25, 0.3) is 0 Å². The SMILES string of the molecule is Cc1nn(SF)cc1C#N. The van der Waals surface area contributed by atoms with Crippen LogP contribution in [0, 0.1) is 18.3 Å². The maximum Gasteiger partial charge on any atom is 0.187 e. The van der Waals surface area contributed by atoms with Crippen molar-refractivity contribution in [3.05, 3.63) is 17.5 Å². The lowest BCUT2D eigenvalue weighted by Gasteiger charge is -1.82. The highest BCUT2D eigenvalue weighted by Gasteiger charge is 2.02. The number of hydrogen-bond donors (Lipinski definition) is 0. The summed E-state index contributed by atoms with van der Waals surface area (Å²) in [5.74, 6) is 0. The molecule has 0 aromatic carbocycles. The normalized spacial score (nSPS) is 9.30. The third-order valence-electron chi connectivity index (χ3n) is 1.07. The Balaban J connectivity index is 3.07. The quantitative estimate of drug-likeness (QED) is 0.619. The van der Waals surface area contributed by atoms with Gasteiger partial charge in [0.2, 0.25) is 0 Å². The smallest absolute Gasteiger partial charge is 0.187 e. The summed E-state index contributed by atoms with van der Waals surface area (Å²) in [4.78, 5) is 0. The molecule has 0 amide bonds. The largest absolute Gasteiger partial charge is 0.192 e. The molecule has 0 saturated heterocycles. The third-order valence-corrected chi connectivity index (χ3v) is 1.40. The Morgan fingerprint density at radius 3 is 2.90 bits per heavy atom. The summed E-state index contributed by atoms with van der Waals surface area (Å²) in [6.45, 7) is 1.66. The Morgan fingerprint density at radius 1 is 1.90 bits per heavy atom. The summed E-state index contributed by atoms with van der Waals surface area (Å²) in [5, 5.41) is 12.1. The van der Waals surface area contributed by atoms with Crippen LogP contribution in [0.15, 0.2) is 6.20 Å². The van der Waals surface area contributed by atoms with E-state index < -0.39 is 0 Å². The molecule has 52 valence electrons. The predicted octanol–water partition coefficient (Wildman–Crippen LogP) is 1.44. The molecule has 0 fully saturated rings. The predicted molar refractivity (Wildman–Crippen MR) is 35.8 cm³/mol. The van der Waals surface area contributed by atoms with Gasteiger partial charge in [-0.25, -0.2) is 0 Å². The Bertz CT molecular complexity index is 275. The number of aryl methyl sites for hydroxylation is 1.